The van der Waals surface area contributed by atoms with Crippen LogP contribution in [0.25, 0.3) is 0 Å². The van der Waals surface area contributed by atoms with E-state index in [0.29, 0.717) is 6.04 Å². The van der Waals surface area contributed by atoms with Gasteiger partial charge in [0.15, 0.2) is 0 Å². The van der Waals surface area contributed by atoms with Crippen LogP contribution in [0.4, 0.5) is 23.1 Å². The molecule has 1 aromatic heterocycles. The van der Waals surface area contributed by atoms with E-state index in [1.165, 1.54) is 16.8 Å². The maximum Gasteiger partial charge on any atom is 0.231 e. The molecule has 4 nitrogen and oxygen atoms in total. The van der Waals surface area contributed by atoms with Crippen molar-refractivity contribution in [3.8, 4) is 0 Å². The highest BCUT2D eigenvalue weighted by molar-refractivity contribution is 5.70. The van der Waals surface area contributed by atoms with Gasteiger partial charge in [0.25, 0.3) is 0 Å². The van der Waals surface area contributed by atoms with Crippen LogP contribution in [0.2, 0.25) is 0 Å². The largest absolute Gasteiger partial charge is 0.323 e. The summed E-state index contributed by atoms with van der Waals surface area (Å²) >= 11 is 0. The second-order valence-electron chi connectivity index (χ2n) is 6.85. The second-order valence-corrected chi connectivity index (χ2v) is 6.85. The lowest BCUT2D eigenvalue weighted by Crippen LogP contribution is -2.26. The van der Waals surface area contributed by atoms with Crippen molar-refractivity contribution in [1.29, 1.82) is 0 Å². The van der Waals surface area contributed by atoms with Crippen LogP contribution in [-0.4, -0.2) is 22.6 Å². The summed E-state index contributed by atoms with van der Waals surface area (Å²) in [7, 11) is 0. The summed E-state index contributed by atoms with van der Waals surface area (Å²) in [6.07, 6.45) is 2.91. The fraction of sp³-hybridized carbons (Fsp3) is 0.273. The first-order chi connectivity index (χ1) is 12.7. The number of hydrogen-bond donors (Lipinski definition) is 0. The Morgan fingerprint density at radius 2 is 1.96 bits per heavy atom. The van der Waals surface area contributed by atoms with Gasteiger partial charge in [-0.25, -0.2) is 4.98 Å². The van der Waals surface area contributed by atoms with E-state index in [9.17, 15) is 0 Å². The Bertz CT molecular complexity index is 921. The molecule has 0 spiro atoms. The minimum atomic E-state index is 0.393. The summed E-state index contributed by atoms with van der Waals surface area (Å²) < 4.78 is 0. The molecule has 3 aromatic rings. The summed E-state index contributed by atoms with van der Waals surface area (Å²) in [5.41, 5.74) is 4.99. The molecule has 0 N–H and O–H groups in total. The highest BCUT2D eigenvalue weighted by atomic mass is 15.3. The normalized spacial score (nSPS) is 15.8. The smallest absolute Gasteiger partial charge is 0.231 e. The van der Waals surface area contributed by atoms with Crippen molar-refractivity contribution >= 4 is 23.1 Å². The number of rotatable bonds is 4. The van der Waals surface area contributed by atoms with Crippen LogP contribution in [0.15, 0.2) is 60.8 Å². The van der Waals surface area contributed by atoms with Crippen LogP contribution in [0.3, 0.4) is 0 Å². The fourth-order valence-electron chi connectivity index (χ4n) is 3.75. The third kappa shape index (κ3) is 2.92. The van der Waals surface area contributed by atoms with Gasteiger partial charge in [-0.05, 0) is 62.6 Å². The lowest BCUT2D eigenvalue weighted by molar-refractivity contribution is 0.748. The number of benzene rings is 2. The third-order valence-corrected chi connectivity index (χ3v) is 4.95. The minimum absolute atomic E-state index is 0.393. The number of aromatic nitrogens is 2. The summed E-state index contributed by atoms with van der Waals surface area (Å²) in [4.78, 5) is 14.0. The molecule has 0 saturated carbocycles. The Morgan fingerprint density at radius 3 is 2.77 bits per heavy atom. The molecule has 132 valence electrons. The first-order valence-electron chi connectivity index (χ1n) is 9.21. The topological polar surface area (TPSA) is 32.3 Å². The van der Waals surface area contributed by atoms with Crippen LogP contribution in [-0.2, 0) is 6.42 Å². The van der Waals surface area contributed by atoms with Crippen LogP contribution in [0.1, 0.15) is 25.0 Å². The Labute approximate surface area is 155 Å². The Balaban J connectivity index is 1.73. The van der Waals surface area contributed by atoms with Gasteiger partial charge in [-0.15, -0.1) is 0 Å². The van der Waals surface area contributed by atoms with Gasteiger partial charge in [-0.2, -0.15) is 4.98 Å². The van der Waals surface area contributed by atoms with E-state index in [0.717, 1.165) is 30.4 Å². The zero-order valence-electron chi connectivity index (χ0n) is 15.6. The molecule has 0 aliphatic carbocycles. The second kappa shape index (κ2) is 6.79. The van der Waals surface area contributed by atoms with Gasteiger partial charge >= 0.3 is 0 Å². The molecule has 1 unspecified atom stereocenters. The van der Waals surface area contributed by atoms with Crippen molar-refractivity contribution in [3.63, 3.8) is 0 Å². The Morgan fingerprint density at radius 1 is 1.12 bits per heavy atom. The van der Waals surface area contributed by atoms with Gasteiger partial charge in [0.2, 0.25) is 5.95 Å². The molecule has 0 saturated heterocycles. The van der Waals surface area contributed by atoms with E-state index in [1.807, 2.05) is 12.3 Å². The average Bonchev–Trinajstić information content (AvgIpc) is 2.98. The molecule has 0 radical (unpaired) electrons. The molecule has 1 aliphatic rings. The fourth-order valence-corrected chi connectivity index (χ4v) is 3.75. The molecule has 4 heteroatoms. The van der Waals surface area contributed by atoms with E-state index >= 15 is 0 Å². The van der Waals surface area contributed by atoms with Gasteiger partial charge in [-0.3, -0.25) is 0 Å². The predicted molar refractivity (Wildman–Crippen MR) is 108 cm³/mol. The first-order valence-corrected chi connectivity index (χ1v) is 9.21. The zero-order chi connectivity index (χ0) is 18.1. The number of fused-ring (bicyclic) bond motifs is 1. The molecule has 1 aliphatic heterocycles. The van der Waals surface area contributed by atoms with E-state index in [1.54, 1.807) is 0 Å². The molecule has 0 fully saturated rings. The average molecular weight is 344 g/mol. The van der Waals surface area contributed by atoms with Crippen LogP contribution in [0, 0.1) is 6.92 Å². The molecule has 4 rings (SSSR count). The first kappa shape index (κ1) is 16.6. The van der Waals surface area contributed by atoms with E-state index in [-0.39, 0.29) is 0 Å². The number of para-hydroxylation sites is 1. The molecular formula is C22H24N4. The number of nitrogens with zero attached hydrogens (tertiary/aromatic N) is 4. The summed E-state index contributed by atoms with van der Waals surface area (Å²) in [5, 5.41) is 0. The number of aryl methyl sites for hydroxylation is 1. The lowest BCUT2D eigenvalue weighted by Gasteiger charge is -2.26. The molecule has 1 atom stereocenters. The Hall–Kier alpha value is -2.88. The predicted octanol–water partition coefficient (Wildman–Crippen LogP) is 5.03. The van der Waals surface area contributed by atoms with Crippen molar-refractivity contribution in [2.75, 3.05) is 16.3 Å². The quantitative estimate of drug-likeness (QED) is 0.665. The summed E-state index contributed by atoms with van der Waals surface area (Å²) in [6, 6.07) is 19.5. The van der Waals surface area contributed by atoms with Crippen molar-refractivity contribution in [3.05, 3.63) is 71.9 Å². The van der Waals surface area contributed by atoms with Gasteiger partial charge in [-0.1, -0.05) is 30.3 Å². The molecular weight excluding hydrogens is 320 g/mol. The lowest BCUT2D eigenvalue weighted by atomic mass is 10.1. The van der Waals surface area contributed by atoms with E-state index in [4.69, 9.17) is 4.98 Å². The van der Waals surface area contributed by atoms with Gasteiger partial charge in [0, 0.05) is 30.2 Å². The maximum atomic E-state index is 4.92. The van der Waals surface area contributed by atoms with Gasteiger partial charge in [0.1, 0.15) is 5.82 Å². The van der Waals surface area contributed by atoms with Gasteiger partial charge in [0.05, 0.1) is 0 Å². The summed E-state index contributed by atoms with van der Waals surface area (Å²) in [5.74, 6) is 1.70. The van der Waals surface area contributed by atoms with Crippen molar-refractivity contribution < 1.29 is 0 Å². The molecule has 2 aromatic carbocycles. The highest BCUT2D eigenvalue weighted by Crippen LogP contribution is 2.37. The minimum Gasteiger partial charge on any atom is -0.323 e. The van der Waals surface area contributed by atoms with Crippen LogP contribution < -0.4 is 9.80 Å². The van der Waals surface area contributed by atoms with Gasteiger partial charge < -0.3 is 9.80 Å². The summed E-state index contributed by atoms with van der Waals surface area (Å²) in [6.45, 7) is 7.31. The van der Waals surface area contributed by atoms with E-state index < -0.39 is 0 Å². The van der Waals surface area contributed by atoms with Crippen molar-refractivity contribution in [2.45, 2.75) is 33.2 Å². The molecule has 0 amide bonds. The molecule has 2 heterocycles. The Kier molecular flexibility index (Phi) is 4.33. The van der Waals surface area contributed by atoms with Crippen LogP contribution in [0.5, 0.6) is 0 Å². The van der Waals surface area contributed by atoms with E-state index in [2.05, 4.69) is 84.1 Å². The van der Waals surface area contributed by atoms with Crippen molar-refractivity contribution in [1.82, 2.24) is 9.97 Å². The highest BCUT2D eigenvalue weighted by Gasteiger charge is 2.28. The third-order valence-electron chi connectivity index (χ3n) is 4.95. The monoisotopic (exact) mass is 344 g/mol. The SMILES string of the molecule is CCN(c1cccc(C)c1)c1nccc(N2c3ccccc3CC2C)n1. The number of hydrogen-bond acceptors (Lipinski definition) is 4. The zero-order valence-corrected chi connectivity index (χ0v) is 15.6. The molecule has 0 bridgehead atoms. The number of anilines is 4. The molecule has 26 heavy (non-hydrogen) atoms. The maximum absolute atomic E-state index is 4.92. The van der Waals surface area contributed by atoms with Crippen molar-refractivity contribution in [2.24, 2.45) is 0 Å². The van der Waals surface area contributed by atoms with Crippen LogP contribution >= 0.6 is 0 Å². The standard InChI is InChI=1S/C22H24N4/c1-4-25(19-10-7-8-16(2)14-19)22-23-13-12-21(24-22)26-17(3)15-18-9-5-6-11-20(18)26/h5-14,17H,4,15H2,1-3H3.